The van der Waals surface area contributed by atoms with Crippen molar-refractivity contribution in [2.45, 2.75) is 56.6 Å². The third-order valence-corrected chi connectivity index (χ3v) is 8.15. The molecule has 1 aromatic carbocycles. The van der Waals surface area contributed by atoms with Gasteiger partial charge in [0.05, 0.1) is 21.2 Å². The molecule has 3 aromatic rings. The molecule has 0 bridgehead atoms. The molecular weight excluding hydrogens is 538 g/mol. The highest BCUT2D eigenvalue weighted by atomic mass is 35.5. The molecule has 10 nitrogen and oxygen atoms in total. The van der Waals surface area contributed by atoms with Crippen LogP contribution in [0.3, 0.4) is 0 Å². The first-order valence-electron chi connectivity index (χ1n) is 11.3. The van der Waals surface area contributed by atoms with E-state index >= 15 is 0 Å². The van der Waals surface area contributed by atoms with Gasteiger partial charge >= 0.3 is 6.09 Å². The van der Waals surface area contributed by atoms with Crippen molar-refractivity contribution in [1.82, 2.24) is 15.3 Å². The number of pyridine rings is 1. The summed E-state index contributed by atoms with van der Waals surface area (Å²) in [5, 5.41) is 5.75. The van der Waals surface area contributed by atoms with Crippen LogP contribution in [0.4, 0.5) is 15.6 Å². The number of nitrogens with one attached hydrogen (secondary N) is 3. The smallest absolute Gasteiger partial charge is 0.408 e. The van der Waals surface area contributed by atoms with Crippen molar-refractivity contribution in [3.63, 3.8) is 0 Å². The number of carbonyl (C=O) groups is 2. The molecule has 1 fully saturated rings. The van der Waals surface area contributed by atoms with Gasteiger partial charge in [0, 0.05) is 11.8 Å². The number of aryl methyl sites for hydroxylation is 1. The molecule has 3 N–H and O–H groups in total. The highest BCUT2D eigenvalue weighted by Crippen LogP contribution is 2.39. The van der Waals surface area contributed by atoms with Crippen LogP contribution in [0.1, 0.15) is 39.3 Å². The van der Waals surface area contributed by atoms with Crippen LogP contribution in [-0.4, -0.2) is 41.5 Å². The van der Waals surface area contributed by atoms with E-state index < -0.39 is 27.3 Å². The lowest BCUT2D eigenvalue weighted by molar-refractivity contribution is -0.119. The first-order valence-corrected chi connectivity index (χ1v) is 14.0. The molecule has 2 amide bonds. The van der Waals surface area contributed by atoms with Gasteiger partial charge in [-0.2, -0.15) is 0 Å². The maximum Gasteiger partial charge on any atom is 0.408 e. The molecule has 1 aliphatic carbocycles. The average molecular weight is 564 g/mol. The number of halogens is 1. The topological polar surface area (TPSA) is 139 Å². The Morgan fingerprint density at radius 3 is 2.46 bits per heavy atom. The van der Waals surface area contributed by atoms with Crippen molar-refractivity contribution in [1.29, 1.82) is 0 Å². The molecule has 2 heterocycles. The van der Waals surface area contributed by atoms with Gasteiger partial charge in [0.1, 0.15) is 11.1 Å². The van der Waals surface area contributed by atoms with Gasteiger partial charge in [0.25, 0.3) is 15.9 Å². The van der Waals surface area contributed by atoms with E-state index in [0.29, 0.717) is 34.1 Å². The average Bonchev–Trinajstić information content (AvgIpc) is 3.49. The Hall–Kier alpha value is -3.22. The lowest BCUT2D eigenvalue weighted by Gasteiger charge is -2.22. The second-order valence-corrected chi connectivity index (χ2v) is 12.6. The van der Waals surface area contributed by atoms with E-state index in [1.54, 1.807) is 52.0 Å². The standard InChI is InChI=1S/C24H26ClN5O5S2/c1-14-18(15-12-17(19(25)26-13-15)30-37(33,34)16-8-6-5-7-9-16)36-21(27-14)28-20(31)24(10-11-24)29-22(32)35-23(2,3)4/h5-9,12-13,30H,10-11H2,1-4H3,(H,29,32)(H,27,28,31). The van der Waals surface area contributed by atoms with Gasteiger partial charge in [-0.15, -0.1) is 0 Å². The van der Waals surface area contributed by atoms with Gasteiger partial charge in [0.2, 0.25) is 0 Å². The molecule has 2 aromatic heterocycles. The maximum absolute atomic E-state index is 12.9. The maximum atomic E-state index is 12.9. The number of amides is 2. The molecule has 1 aliphatic rings. The van der Waals surface area contributed by atoms with Crippen LogP contribution in [0.5, 0.6) is 0 Å². The van der Waals surface area contributed by atoms with Gasteiger partial charge in [-0.05, 0) is 58.7 Å². The van der Waals surface area contributed by atoms with Crippen LogP contribution in [0.25, 0.3) is 10.4 Å². The number of alkyl carbamates (subject to hydrolysis) is 1. The minimum atomic E-state index is -3.87. The Morgan fingerprint density at radius 2 is 1.84 bits per heavy atom. The summed E-state index contributed by atoms with van der Waals surface area (Å²) in [5.74, 6) is -0.385. The van der Waals surface area contributed by atoms with Crippen LogP contribution < -0.4 is 15.4 Å². The summed E-state index contributed by atoms with van der Waals surface area (Å²) in [7, 11) is -3.87. The Balaban J connectivity index is 1.51. The molecule has 37 heavy (non-hydrogen) atoms. The van der Waals surface area contributed by atoms with Gasteiger partial charge in [-0.3, -0.25) is 14.8 Å². The molecule has 0 radical (unpaired) electrons. The van der Waals surface area contributed by atoms with Crippen LogP contribution in [0.15, 0.2) is 47.5 Å². The summed E-state index contributed by atoms with van der Waals surface area (Å²) in [6.07, 6.45) is 1.82. The Morgan fingerprint density at radius 1 is 1.16 bits per heavy atom. The SMILES string of the molecule is Cc1nc(NC(=O)C2(NC(=O)OC(C)(C)C)CC2)sc1-c1cnc(Cl)c(NS(=O)(=O)c2ccccc2)c1. The third kappa shape index (κ3) is 6.38. The minimum Gasteiger partial charge on any atom is -0.444 e. The predicted octanol–water partition coefficient (Wildman–Crippen LogP) is 4.96. The van der Waals surface area contributed by atoms with Crippen LogP contribution in [-0.2, 0) is 19.6 Å². The molecule has 4 rings (SSSR count). The molecule has 0 unspecified atom stereocenters. The normalized spacial score (nSPS) is 14.5. The lowest BCUT2D eigenvalue weighted by Crippen LogP contribution is -2.47. The number of benzene rings is 1. The molecular formula is C24H26ClN5O5S2. The Kier molecular flexibility index (Phi) is 7.19. The number of aromatic nitrogens is 2. The van der Waals surface area contributed by atoms with Gasteiger partial charge < -0.3 is 10.1 Å². The van der Waals surface area contributed by atoms with Gasteiger partial charge in [-0.1, -0.05) is 41.1 Å². The fourth-order valence-electron chi connectivity index (χ4n) is 3.41. The number of rotatable bonds is 7. The first-order chi connectivity index (χ1) is 17.3. The quantitative estimate of drug-likeness (QED) is 0.345. The van der Waals surface area contributed by atoms with E-state index in [-0.39, 0.29) is 21.6 Å². The Bertz CT molecular complexity index is 1450. The number of thiazole rings is 1. The van der Waals surface area contributed by atoms with Crippen molar-refractivity contribution in [3.8, 4) is 10.4 Å². The number of anilines is 2. The zero-order valence-corrected chi connectivity index (χ0v) is 23.0. The highest BCUT2D eigenvalue weighted by Gasteiger charge is 2.52. The van der Waals surface area contributed by atoms with Gasteiger partial charge in [0.15, 0.2) is 10.3 Å². The number of nitrogens with zero attached hydrogens (tertiary/aromatic N) is 2. The van der Waals surface area contributed by atoms with E-state index in [2.05, 4.69) is 25.3 Å². The van der Waals surface area contributed by atoms with Crippen molar-refractivity contribution in [2.24, 2.45) is 0 Å². The number of hydrogen-bond donors (Lipinski definition) is 3. The molecule has 1 saturated carbocycles. The Labute approximate surface area is 223 Å². The predicted molar refractivity (Wildman–Crippen MR) is 142 cm³/mol. The number of carbonyl (C=O) groups excluding carboxylic acids is 2. The number of ether oxygens (including phenoxy) is 1. The largest absolute Gasteiger partial charge is 0.444 e. The van der Waals surface area contributed by atoms with Crippen LogP contribution in [0.2, 0.25) is 5.15 Å². The second-order valence-electron chi connectivity index (χ2n) is 9.58. The van der Waals surface area contributed by atoms with Crippen molar-refractivity contribution < 1.29 is 22.7 Å². The molecule has 0 spiro atoms. The summed E-state index contributed by atoms with van der Waals surface area (Å²) in [4.78, 5) is 34.4. The molecule has 0 saturated heterocycles. The van der Waals surface area contributed by atoms with E-state index in [0.717, 1.165) is 0 Å². The summed E-state index contributed by atoms with van der Waals surface area (Å²) >= 11 is 7.37. The van der Waals surface area contributed by atoms with E-state index in [1.807, 2.05) is 0 Å². The third-order valence-electron chi connectivity index (χ3n) is 5.34. The zero-order valence-electron chi connectivity index (χ0n) is 20.6. The number of hydrogen-bond acceptors (Lipinski definition) is 8. The summed E-state index contributed by atoms with van der Waals surface area (Å²) in [6, 6.07) is 9.47. The lowest BCUT2D eigenvalue weighted by atomic mass is 10.2. The van der Waals surface area contributed by atoms with Crippen molar-refractivity contribution in [2.75, 3.05) is 10.0 Å². The van der Waals surface area contributed by atoms with Crippen LogP contribution in [0, 0.1) is 6.92 Å². The van der Waals surface area contributed by atoms with Crippen LogP contribution >= 0.6 is 22.9 Å². The number of sulfonamides is 1. The molecule has 0 aliphatic heterocycles. The first kappa shape index (κ1) is 26.8. The van der Waals surface area contributed by atoms with E-state index in [4.69, 9.17) is 16.3 Å². The molecule has 196 valence electrons. The van der Waals surface area contributed by atoms with Crippen molar-refractivity contribution >= 4 is 55.8 Å². The monoisotopic (exact) mass is 563 g/mol. The highest BCUT2D eigenvalue weighted by molar-refractivity contribution is 7.92. The minimum absolute atomic E-state index is 0.0113. The van der Waals surface area contributed by atoms with E-state index in [1.165, 1.54) is 29.7 Å². The summed E-state index contributed by atoms with van der Waals surface area (Å²) < 4.78 is 33.2. The second kappa shape index (κ2) is 9.92. The fraction of sp³-hybridized carbons (Fsp3) is 0.333. The zero-order chi connectivity index (χ0) is 27.0. The summed E-state index contributed by atoms with van der Waals surface area (Å²) in [5.41, 5.74) is -0.435. The molecule has 13 heteroatoms. The van der Waals surface area contributed by atoms with Gasteiger partial charge in [-0.25, -0.2) is 23.2 Å². The fourth-order valence-corrected chi connectivity index (χ4v) is 5.64. The molecule has 0 atom stereocenters. The summed E-state index contributed by atoms with van der Waals surface area (Å²) in [6.45, 7) is 7.00. The van der Waals surface area contributed by atoms with Crippen molar-refractivity contribution in [3.05, 3.63) is 53.4 Å². The van der Waals surface area contributed by atoms with E-state index in [9.17, 15) is 18.0 Å².